The van der Waals surface area contributed by atoms with E-state index in [-0.39, 0.29) is 5.91 Å². The monoisotopic (exact) mass is 358 g/mol. The van der Waals surface area contributed by atoms with Gasteiger partial charge in [0, 0.05) is 27.1 Å². The number of guanidine groups is 1. The minimum atomic E-state index is 0.0879. The number of benzene rings is 1. The molecule has 1 N–H and O–H groups in total. The molecular weight excluding hydrogens is 339 g/mol. The second kappa shape index (κ2) is 8.38. The van der Waals surface area contributed by atoms with Crippen LogP contribution in [0.1, 0.15) is 12.8 Å². The summed E-state index contributed by atoms with van der Waals surface area (Å²) in [6.45, 7) is 1.83. The number of nitrogens with one attached hydrogen (secondary N) is 1. The van der Waals surface area contributed by atoms with Crippen molar-refractivity contribution in [3.63, 3.8) is 0 Å². The van der Waals surface area contributed by atoms with Gasteiger partial charge >= 0.3 is 0 Å². The Balaban J connectivity index is 1.93. The maximum atomic E-state index is 11.5. The molecule has 23 heavy (non-hydrogen) atoms. The van der Waals surface area contributed by atoms with Crippen molar-refractivity contribution in [1.82, 2.24) is 15.3 Å². The van der Waals surface area contributed by atoms with Gasteiger partial charge in [-0.05, 0) is 18.6 Å². The highest BCUT2D eigenvalue weighted by molar-refractivity contribution is 6.38. The minimum Gasteiger partial charge on any atom is -0.352 e. The lowest BCUT2D eigenvalue weighted by atomic mass is 10.3. The fourth-order valence-corrected chi connectivity index (χ4v) is 2.49. The van der Waals surface area contributed by atoms with Gasteiger partial charge in [-0.3, -0.25) is 9.63 Å². The van der Waals surface area contributed by atoms with Crippen LogP contribution in [0, 0.1) is 0 Å². The molecule has 1 amide bonds. The van der Waals surface area contributed by atoms with Crippen LogP contribution in [0.4, 0.5) is 5.69 Å². The second-order valence-electron chi connectivity index (χ2n) is 5.26. The van der Waals surface area contributed by atoms with Crippen molar-refractivity contribution in [2.45, 2.75) is 12.8 Å². The maximum absolute atomic E-state index is 11.5. The Hall–Kier alpha value is -1.50. The summed E-state index contributed by atoms with van der Waals surface area (Å²) in [5.74, 6) is 0.656. The molecule has 0 bridgehead atoms. The van der Waals surface area contributed by atoms with Crippen LogP contribution in [0.2, 0.25) is 10.0 Å². The molecule has 1 aliphatic rings. The standard InChI is InChI=1S/C15H20Cl2N4O2/c1-20(2)13(22)7-4-10-23-21-9-8-18-15(21)19-14-11(16)5-3-6-12(14)17/h3,5-6H,4,7-10H2,1-2H3,(H,18,19). The van der Waals surface area contributed by atoms with Crippen molar-refractivity contribution in [2.75, 3.05) is 33.8 Å². The van der Waals surface area contributed by atoms with E-state index in [1.165, 1.54) is 0 Å². The van der Waals surface area contributed by atoms with Crippen LogP contribution < -0.4 is 5.32 Å². The van der Waals surface area contributed by atoms with Gasteiger partial charge in [0.2, 0.25) is 11.9 Å². The van der Waals surface area contributed by atoms with Crippen LogP contribution in [0.3, 0.4) is 0 Å². The molecule has 1 aromatic rings. The Kier molecular flexibility index (Phi) is 6.50. The quantitative estimate of drug-likeness (QED) is 0.794. The van der Waals surface area contributed by atoms with Crippen molar-refractivity contribution < 1.29 is 9.63 Å². The van der Waals surface area contributed by atoms with Crippen LogP contribution >= 0.6 is 23.2 Å². The second-order valence-corrected chi connectivity index (χ2v) is 6.07. The van der Waals surface area contributed by atoms with Gasteiger partial charge in [-0.15, -0.1) is 0 Å². The molecule has 1 aliphatic heterocycles. The number of carbonyl (C=O) groups excluding carboxylic acids is 1. The Morgan fingerprint density at radius 3 is 2.74 bits per heavy atom. The summed E-state index contributed by atoms with van der Waals surface area (Å²) >= 11 is 12.3. The molecule has 0 aliphatic carbocycles. The lowest BCUT2D eigenvalue weighted by Gasteiger charge is -2.17. The third-order valence-corrected chi connectivity index (χ3v) is 3.88. The molecule has 1 saturated heterocycles. The number of para-hydroxylation sites is 1. The zero-order valence-corrected chi connectivity index (χ0v) is 14.7. The molecular formula is C15H20Cl2N4O2. The van der Waals surface area contributed by atoms with Gasteiger partial charge in [0.25, 0.3) is 0 Å². The number of hydrogen-bond donors (Lipinski definition) is 1. The third kappa shape index (κ3) is 4.99. The zero-order valence-electron chi connectivity index (χ0n) is 13.2. The van der Waals surface area contributed by atoms with Crippen LogP contribution in [-0.4, -0.2) is 55.6 Å². The van der Waals surface area contributed by atoms with Gasteiger partial charge in [0.15, 0.2) is 0 Å². The van der Waals surface area contributed by atoms with Gasteiger partial charge in [0.1, 0.15) is 5.69 Å². The summed E-state index contributed by atoms with van der Waals surface area (Å²) in [6.07, 6.45) is 1.10. The van der Waals surface area contributed by atoms with Crippen LogP contribution in [-0.2, 0) is 9.63 Å². The first-order chi connectivity index (χ1) is 11.0. The average Bonchev–Trinajstić information content (AvgIpc) is 2.94. The highest BCUT2D eigenvalue weighted by Gasteiger charge is 2.20. The highest BCUT2D eigenvalue weighted by atomic mass is 35.5. The molecule has 0 spiro atoms. The zero-order chi connectivity index (χ0) is 16.8. The molecule has 0 unspecified atom stereocenters. The van der Waals surface area contributed by atoms with E-state index in [1.807, 2.05) is 0 Å². The molecule has 126 valence electrons. The van der Waals surface area contributed by atoms with Crippen molar-refractivity contribution in [1.29, 1.82) is 0 Å². The smallest absolute Gasteiger partial charge is 0.223 e. The van der Waals surface area contributed by atoms with Gasteiger partial charge in [-0.25, -0.2) is 10.1 Å². The van der Waals surface area contributed by atoms with Crippen LogP contribution in [0.15, 0.2) is 23.2 Å². The predicted octanol–water partition coefficient (Wildman–Crippen LogP) is 2.69. The van der Waals surface area contributed by atoms with Crippen molar-refractivity contribution in [2.24, 2.45) is 4.99 Å². The molecule has 1 fully saturated rings. The summed E-state index contributed by atoms with van der Waals surface area (Å²) in [7, 11) is 3.48. The number of amides is 1. The van der Waals surface area contributed by atoms with E-state index in [2.05, 4.69) is 10.3 Å². The van der Waals surface area contributed by atoms with Crippen molar-refractivity contribution in [3.8, 4) is 0 Å². The number of hydrogen-bond acceptors (Lipinski definition) is 3. The van der Waals surface area contributed by atoms with E-state index in [4.69, 9.17) is 28.0 Å². The molecule has 6 nitrogen and oxygen atoms in total. The Bertz CT molecular complexity index is 573. The molecule has 1 aromatic carbocycles. The fraction of sp³-hybridized carbons (Fsp3) is 0.467. The SMILES string of the molecule is CN(C)C(=O)CCCON1CCN/C1=N\c1c(Cl)cccc1Cl. The summed E-state index contributed by atoms with van der Waals surface area (Å²) in [5, 5.41) is 5.77. The first-order valence-corrected chi connectivity index (χ1v) is 8.12. The number of hydroxylamine groups is 2. The molecule has 0 aromatic heterocycles. The molecule has 0 saturated carbocycles. The Morgan fingerprint density at radius 2 is 2.09 bits per heavy atom. The number of carbonyl (C=O) groups is 1. The summed E-state index contributed by atoms with van der Waals surface area (Å²) in [6, 6.07) is 5.24. The van der Waals surface area contributed by atoms with E-state index in [0.717, 1.165) is 6.54 Å². The lowest BCUT2D eigenvalue weighted by molar-refractivity contribution is -0.130. The van der Waals surface area contributed by atoms with Gasteiger partial charge in [-0.2, -0.15) is 0 Å². The Morgan fingerprint density at radius 1 is 1.39 bits per heavy atom. The first kappa shape index (κ1) is 17.8. The topological polar surface area (TPSA) is 57.2 Å². The van der Waals surface area contributed by atoms with Crippen LogP contribution in [0.25, 0.3) is 0 Å². The Labute approximate surface area is 146 Å². The van der Waals surface area contributed by atoms with E-state index in [9.17, 15) is 4.79 Å². The minimum absolute atomic E-state index is 0.0879. The molecule has 1 heterocycles. The number of rotatable bonds is 6. The average molecular weight is 359 g/mol. The van der Waals surface area contributed by atoms with E-state index >= 15 is 0 Å². The summed E-state index contributed by atoms with van der Waals surface area (Å²) in [4.78, 5) is 23.2. The van der Waals surface area contributed by atoms with Gasteiger partial charge in [-0.1, -0.05) is 29.3 Å². The summed E-state index contributed by atoms with van der Waals surface area (Å²) < 4.78 is 0. The number of aliphatic imine (C=N–C) groups is 1. The maximum Gasteiger partial charge on any atom is 0.223 e. The molecule has 0 radical (unpaired) electrons. The van der Waals surface area contributed by atoms with Crippen LogP contribution in [0.5, 0.6) is 0 Å². The largest absolute Gasteiger partial charge is 0.352 e. The molecule has 0 atom stereocenters. The number of halogens is 2. The highest BCUT2D eigenvalue weighted by Crippen LogP contribution is 2.33. The van der Waals surface area contributed by atoms with Crippen molar-refractivity contribution >= 4 is 40.8 Å². The van der Waals surface area contributed by atoms with E-state index in [0.29, 0.717) is 47.7 Å². The molecule has 8 heteroatoms. The van der Waals surface area contributed by atoms with Gasteiger partial charge < -0.3 is 10.2 Å². The van der Waals surface area contributed by atoms with Crippen molar-refractivity contribution in [3.05, 3.63) is 28.2 Å². The third-order valence-electron chi connectivity index (χ3n) is 3.27. The van der Waals surface area contributed by atoms with Gasteiger partial charge in [0.05, 0.1) is 23.2 Å². The van der Waals surface area contributed by atoms with E-state index in [1.54, 1.807) is 42.3 Å². The number of nitrogens with zero attached hydrogens (tertiary/aromatic N) is 3. The lowest BCUT2D eigenvalue weighted by Crippen LogP contribution is -2.31. The fourth-order valence-electron chi connectivity index (χ4n) is 2.01. The summed E-state index contributed by atoms with van der Waals surface area (Å²) in [5.41, 5.74) is 0.511. The molecule has 2 rings (SSSR count). The van der Waals surface area contributed by atoms with E-state index < -0.39 is 0 Å². The normalized spacial score (nSPS) is 15.8. The first-order valence-electron chi connectivity index (χ1n) is 7.36. The predicted molar refractivity (Wildman–Crippen MR) is 92.1 cm³/mol.